The molecule has 1 amide bonds. The maximum absolute atomic E-state index is 12.2. The monoisotopic (exact) mass is 436 g/mol. The molecule has 5 nitrogen and oxygen atoms in total. The molecule has 3 rings (SSSR count). The molecule has 0 aliphatic carbocycles. The van der Waals surface area contributed by atoms with Gasteiger partial charge in [0.2, 0.25) is 0 Å². The van der Waals surface area contributed by atoms with E-state index in [4.69, 9.17) is 32.7 Å². The van der Waals surface area contributed by atoms with Crippen LogP contribution in [-0.4, -0.2) is 37.6 Å². The van der Waals surface area contributed by atoms with E-state index in [2.05, 4.69) is 12.2 Å². The number of likely N-dealkylation sites (tertiary alicyclic amines) is 1. The van der Waals surface area contributed by atoms with Gasteiger partial charge in [0.1, 0.15) is 0 Å². The van der Waals surface area contributed by atoms with Gasteiger partial charge in [-0.2, -0.15) is 0 Å². The van der Waals surface area contributed by atoms with Crippen molar-refractivity contribution in [3.63, 3.8) is 0 Å². The van der Waals surface area contributed by atoms with Gasteiger partial charge in [-0.1, -0.05) is 35.3 Å². The lowest BCUT2D eigenvalue weighted by atomic mass is 10.1. The second kappa shape index (κ2) is 10.2. The summed E-state index contributed by atoms with van der Waals surface area (Å²) in [5.41, 5.74) is 2.11. The minimum Gasteiger partial charge on any atom is -0.493 e. The number of ether oxygens (including phenoxy) is 2. The third-order valence-electron chi connectivity index (χ3n) is 5.09. The second-order valence-electron chi connectivity index (χ2n) is 7.14. The predicted octanol–water partition coefficient (Wildman–Crippen LogP) is 4.85. The topological polar surface area (TPSA) is 50.8 Å². The van der Waals surface area contributed by atoms with Gasteiger partial charge >= 0.3 is 0 Å². The maximum atomic E-state index is 12.2. The fourth-order valence-electron chi connectivity index (χ4n) is 3.31. The number of hydrogen-bond acceptors (Lipinski definition) is 4. The number of benzene rings is 2. The highest BCUT2D eigenvalue weighted by atomic mass is 35.5. The first kappa shape index (κ1) is 21.8. The van der Waals surface area contributed by atoms with Crippen LogP contribution in [0.3, 0.4) is 0 Å². The molecule has 0 radical (unpaired) electrons. The number of carbonyl (C=O) groups is 1. The molecule has 2 aromatic rings. The Morgan fingerprint density at radius 2 is 1.86 bits per heavy atom. The van der Waals surface area contributed by atoms with Gasteiger partial charge < -0.3 is 19.7 Å². The van der Waals surface area contributed by atoms with Crippen LogP contribution in [-0.2, 0) is 11.3 Å². The zero-order chi connectivity index (χ0) is 20.8. The average molecular weight is 437 g/mol. The molecule has 0 bridgehead atoms. The number of nitrogens with one attached hydrogen (secondary N) is 1. The Morgan fingerprint density at radius 3 is 2.55 bits per heavy atom. The van der Waals surface area contributed by atoms with E-state index in [0.717, 1.165) is 37.1 Å². The molecule has 1 saturated heterocycles. The number of carbonyl (C=O) groups excluding carboxylic acids is 1. The van der Waals surface area contributed by atoms with Gasteiger partial charge in [0.15, 0.2) is 18.1 Å². The third-order valence-corrected chi connectivity index (χ3v) is 5.83. The molecular weight excluding hydrogens is 411 g/mol. The summed E-state index contributed by atoms with van der Waals surface area (Å²) >= 11 is 12.1. The molecule has 1 fully saturated rings. The summed E-state index contributed by atoms with van der Waals surface area (Å²) in [5.74, 6) is 1.20. The lowest BCUT2D eigenvalue weighted by Gasteiger charge is -2.18. The van der Waals surface area contributed by atoms with Gasteiger partial charge in [0, 0.05) is 25.7 Å². The first-order valence-corrected chi connectivity index (χ1v) is 10.5. The van der Waals surface area contributed by atoms with E-state index < -0.39 is 0 Å². The molecule has 0 spiro atoms. The summed E-state index contributed by atoms with van der Waals surface area (Å²) in [6, 6.07) is 11.5. The second-order valence-corrected chi connectivity index (χ2v) is 7.95. The van der Waals surface area contributed by atoms with Crippen molar-refractivity contribution in [1.29, 1.82) is 0 Å². The van der Waals surface area contributed by atoms with Crippen molar-refractivity contribution in [1.82, 2.24) is 10.2 Å². The van der Waals surface area contributed by atoms with Crippen LogP contribution in [0.25, 0.3) is 0 Å². The molecule has 1 heterocycles. The van der Waals surface area contributed by atoms with E-state index in [1.165, 1.54) is 0 Å². The zero-order valence-corrected chi connectivity index (χ0v) is 18.2. The van der Waals surface area contributed by atoms with Crippen LogP contribution < -0.4 is 14.8 Å². The van der Waals surface area contributed by atoms with E-state index >= 15 is 0 Å². The number of methoxy groups -OCH3 is 1. The van der Waals surface area contributed by atoms with Crippen LogP contribution in [0.5, 0.6) is 11.5 Å². The van der Waals surface area contributed by atoms with E-state index in [9.17, 15) is 4.79 Å². The molecular formula is C22H26Cl2N2O3. The Balaban J connectivity index is 1.57. The van der Waals surface area contributed by atoms with Crippen LogP contribution in [0.15, 0.2) is 36.4 Å². The summed E-state index contributed by atoms with van der Waals surface area (Å²) in [7, 11) is 1.60. The van der Waals surface area contributed by atoms with E-state index in [1.54, 1.807) is 13.2 Å². The normalized spacial score (nSPS) is 14.7. The predicted molar refractivity (Wildman–Crippen MR) is 116 cm³/mol. The largest absolute Gasteiger partial charge is 0.493 e. The zero-order valence-electron chi connectivity index (χ0n) is 16.7. The highest BCUT2D eigenvalue weighted by Gasteiger charge is 2.19. The van der Waals surface area contributed by atoms with Crippen molar-refractivity contribution in [2.75, 3.05) is 26.8 Å². The Bertz CT molecular complexity index is 854. The molecule has 1 aliphatic rings. The molecule has 29 heavy (non-hydrogen) atoms. The van der Waals surface area contributed by atoms with Gasteiger partial charge in [0.25, 0.3) is 5.91 Å². The van der Waals surface area contributed by atoms with Gasteiger partial charge in [-0.15, -0.1) is 0 Å². The molecule has 156 valence electrons. The van der Waals surface area contributed by atoms with Gasteiger partial charge in [-0.3, -0.25) is 4.79 Å². The molecule has 7 heteroatoms. The quantitative estimate of drug-likeness (QED) is 0.641. The van der Waals surface area contributed by atoms with Crippen molar-refractivity contribution < 1.29 is 14.3 Å². The number of amides is 1. The number of rotatable bonds is 8. The first-order valence-electron chi connectivity index (χ1n) is 9.73. The van der Waals surface area contributed by atoms with Gasteiger partial charge in [0.05, 0.1) is 17.2 Å². The van der Waals surface area contributed by atoms with E-state index in [-0.39, 0.29) is 18.6 Å². The van der Waals surface area contributed by atoms with Crippen LogP contribution in [0.4, 0.5) is 0 Å². The minimum atomic E-state index is 0.0192. The molecule has 0 saturated carbocycles. The minimum absolute atomic E-state index is 0.0192. The Morgan fingerprint density at radius 1 is 1.10 bits per heavy atom. The molecule has 1 aliphatic heterocycles. The smallest absolute Gasteiger partial charge is 0.260 e. The van der Waals surface area contributed by atoms with Crippen molar-refractivity contribution in [2.24, 2.45) is 0 Å². The van der Waals surface area contributed by atoms with Crippen molar-refractivity contribution >= 4 is 29.1 Å². The van der Waals surface area contributed by atoms with Crippen LogP contribution in [0, 0.1) is 0 Å². The van der Waals surface area contributed by atoms with Crippen LogP contribution >= 0.6 is 23.2 Å². The van der Waals surface area contributed by atoms with Crippen LogP contribution in [0.2, 0.25) is 10.0 Å². The SMILES string of the molecule is COc1cc(CN[C@@H](C)c2ccc(Cl)c(Cl)c2)ccc1OCC(=O)N1CCCC1. The maximum Gasteiger partial charge on any atom is 0.260 e. The molecule has 0 aromatic heterocycles. The average Bonchev–Trinajstić information content (AvgIpc) is 3.27. The highest BCUT2D eigenvalue weighted by molar-refractivity contribution is 6.42. The number of nitrogens with zero attached hydrogens (tertiary/aromatic N) is 1. The Kier molecular flexibility index (Phi) is 7.64. The summed E-state index contributed by atoms with van der Waals surface area (Å²) in [4.78, 5) is 14.0. The lowest BCUT2D eigenvalue weighted by Crippen LogP contribution is -2.32. The summed E-state index contributed by atoms with van der Waals surface area (Å²) in [6.07, 6.45) is 2.13. The molecule has 1 atom stereocenters. The number of halogens is 2. The van der Waals surface area contributed by atoms with Gasteiger partial charge in [-0.25, -0.2) is 0 Å². The molecule has 2 aromatic carbocycles. The summed E-state index contributed by atoms with van der Waals surface area (Å²) in [5, 5.41) is 4.55. The highest BCUT2D eigenvalue weighted by Crippen LogP contribution is 2.29. The Labute approximate surface area is 181 Å². The van der Waals surface area contributed by atoms with E-state index in [1.807, 2.05) is 35.2 Å². The lowest BCUT2D eigenvalue weighted by molar-refractivity contribution is -0.132. The standard InChI is InChI=1S/C22H26Cl2N2O3/c1-15(17-6-7-18(23)19(24)12-17)25-13-16-5-8-20(21(11-16)28-2)29-14-22(27)26-9-3-4-10-26/h5-8,11-12,15,25H,3-4,9-10,13-14H2,1-2H3/t15-/m0/s1. The molecule has 1 N–H and O–H groups in total. The summed E-state index contributed by atoms with van der Waals surface area (Å²) in [6.45, 7) is 4.38. The first-order chi connectivity index (χ1) is 14.0. The van der Waals surface area contributed by atoms with Crippen LogP contribution in [0.1, 0.15) is 36.9 Å². The van der Waals surface area contributed by atoms with E-state index in [0.29, 0.717) is 28.1 Å². The third kappa shape index (κ3) is 5.78. The van der Waals surface area contributed by atoms with Crippen molar-refractivity contribution in [3.05, 3.63) is 57.6 Å². The van der Waals surface area contributed by atoms with Crippen molar-refractivity contribution in [3.8, 4) is 11.5 Å². The van der Waals surface area contributed by atoms with Crippen molar-refractivity contribution in [2.45, 2.75) is 32.4 Å². The number of hydrogen-bond donors (Lipinski definition) is 1. The molecule has 0 unspecified atom stereocenters. The fourth-order valence-corrected chi connectivity index (χ4v) is 3.62. The Hall–Kier alpha value is -1.95. The summed E-state index contributed by atoms with van der Waals surface area (Å²) < 4.78 is 11.2. The fraction of sp³-hybridized carbons (Fsp3) is 0.409. The van der Waals surface area contributed by atoms with Gasteiger partial charge in [-0.05, 0) is 55.2 Å².